The molecule has 0 spiro atoms. The molecule has 7 heteroatoms. The highest BCUT2D eigenvalue weighted by Crippen LogP contribution is 2.42. The number of furan rings is 2. The molecular formula is C20H14BrNO5. The smallest absolute Gasteiger partial charge is 0.294 e. The van der Waals surface area contributed by atoms with Gasteiger partial charge in [-0.05, 0) is 55.5 Å². The Labute approximate surface area is 162 Å². The van der Waals surface area contributed by atoms with E-state index in [4.69, 9.17) is 8.83 Å². The van der Waals surface area contributed by atoms with Crippen molar-refractivity contribution in [2.24, 2.45) is 0 Å². The highest BCUT2D eigenvalue weighted by Gasteiger charge is 2.46. The van der Waals surface area contributed by atoms with Crippen molar-refractivity contribution in [2.45, 2.75) is 13.0 Å². The number of carbonyl (C=O) groups is 2. The first-order chi connectivity index (χ1) is 13.0. The van der Waals surface area contributed by atoms with Gasteiger partial charge in [0.15, 0.2) is 11.5 Å². The second-order valence-electron chi connectivity index (χ2n) is 6.07. The van der Waals surface area contributed by atoms with Gasteiger partial charge >= 0.3 is 0 Å². The number of amides is 1. The summed E-state index contributed by atoms with van der Waals surface area (Å²) in [5.41, 5.74) is 0.447. The zero-order valence-electron chi connectivity index (χ0n) is 14.2. The zero-order valence-corrected chi connectivity index (χ0v) is 15.8. The number of aliphatic hydroxyl groups excluding tert-OH is 1. The minimum absolute atomic E-state index is 0.0373. The fourth-order valence-electron chi connectivity index (χ4n) is 3.12. The predicted octanol–water partition coefficient (Wildman–Crippen LogP) is 4.73. The Morgan fingerprint density at radius 1 is 1.15 bits per heavy atom. The molecule has 0 radical (unpaired) electrons. The van der Waals surface area contributed by atoms with Gasteiger partial charge in [0.2, 0.25) is 5.78 Å². The molecule has 1 aromatic carbocycles. The Balaban J connectivity index is 1.87. The van der Waals surface area contributed by atoms with Gasteiger partial charge in [0, 0.05) is 10.2 Å². The summed E-state index contributed by atoms with van der Waals surface area (Å²) >= 11 is 3.36. The molecule has 2 aromatic heterocycles. The van der Waals surface area contributed by atoms with E-state index in [0.717, 1.165) is 4.47 Å². The molecule has 3 heterocycles. The molecule has 0 saturated carbocycles. The third-order valence-corrected chi connectivity index (χ3v) is 4.86. The molecule has 136 valence electrons. The van der Waals surface area contributed by atoms with Crippen LogP contribution in [0.1, 0.15) is 28.1 Å². The minimum atomic E-state index is -0.898. The molecular weight excluding hydrogens is 414 g/mol. The van der Waals surface area contributed by atoms with Crippen molar-refractivity contribution in [3.05, 3.63) is 87.9 Å². The van der Waals surface area contributed by atoms with Gasteiger partial charge in [-0.25, -0.2) is 0 Å². The molecule has 4 rings (SSSR count). The number of benzene rings is 1. The van der Waals surface area contributed by atoms with Gasteiger partial charge in [-0.2, -0.15) is 0 Å². The number of anilines is 1. The lowest BCUT2D eigenvalue weighted by atomic mass is 9.99. The number of hydrogen-bond acceptors (Lipinski definition) is 5. The van der Waals surface area contributed by atoms with Crippen molar-refractivity contribution in [1.29, 1.82) is 0 Å². The molecule has 0 saturated heterocycles. The van der Waals surface area contributed by atoms with Crippen LogP contribution < -0.4 is 4.90 Å². The highest BCUT2D eigenvalue weighted by molar-refractivity contribution is 9.10. The first-order valence-corrected chi connectivity index (χ1v) is 8.93. The third kappa shape index (κ3) is 2.90. The van der Waals surface area contributed by atoms with Crippen LogP contribution in [0.3, 0.4) is 0 Å². The van der Waals surface area contributed by atoms with E-state index in [1.807, 2.05) is 0 Å². The lowest BCUT2D eigenvalue weighted by Gasteiger charge is -2.24. The summed E-state index contributed by atoms with van der Waals surface area (Å²) in [7, 11) is 0. The average molecular weight is 428 g/mol. The topological polar surface area (TPSA) is 83.9 Å². The van der Waals surface area contributed by atoms with E-state index in [-0.39, 0.29) is 11.3 Å². The Bertz CT molecular complexity index is 1050. The largest absolute Gasteiger partial charge is 0.503 e. The van der Waals surface area contributed by atoms with Crippen molar-refractivity contribution >= 4 is 33.3 Å². The number of aryl methyl sites for hydroxylation is 1. The van der Waals surface area contributed by atoms with Crippen molar-refractivity contribution < 1.29 is 23.5 Å². The van der Waals surface area contributed by atoms with Crippen LogP contribution in [0.4, 0.5) is 5.69 Å². The van der Waals surface area contributed by atoms with E-state index in [1.165, 1.54) is 17.2 Å². The van der Waals surface area contributed by atoms with Crippen LogP contribution in [0.5, 0.6) is 0 Å². The molecule has 0 fully saturated rings. The molecule has 6 nitrogen and oxygen atoms in total. The molecule has 1 unspecified atom stereocenters. The number of hydrogen-bond donors (Lipinski definition) is 1. The fraction of sp³-hybridized carbons (Fsp3) is 0.100. The SMILES string of the molecule is Cc1ccc(C2C(C(=O)c3ccco3)=C(O)C(=O)N2c2ccc(Br)cc2)o1. The first-order valence-electron chi connectivity index (χ1n) is 8.14. The molecule has 3 aromatic rings. The molecule has 0 bridgehead atoms. The first kappa shape index (κ1) is 17.4. The number of ketones is 1. The van der Waals surface area contributed by atoms with Crippen molar-refractivity contribution in [3.63, 3.8) is 0 Å². The maximum absolute atomic E-state index is 12.9. The van der Waals surface area contributed by atoms with E-state index in [1.54, 1.807) is 49.4 Å². The summed E-state index contributed by atoms with van der Waals surface area (Å²) in [4.78, 5) is 27.1. The van der Waals surface area contributed by atoms with Crippen LogP contribution in [0.25, 0.3) is 0 Å². The molecule has 1 atom stereocenters. The van der Waals surface area contributed by atoms with E-state index < -0.39 is 23.5 Å². The second-order valence-corrected chi connectivity index (χ2v) is 6.99. The van der Waals surface area contributed by atoms with Crippen molar-refractivity contribution in [2.75, 3.05) is 4.90 Å². The number of aliphatic hydroxyl groups is 1. The quantitative estimate of drug-likeness (QED) is 0.608. The van der Waals surface area contributed by atoms with E-state index in [2.05, 4.69) is 15.9 Å². The summed E-state index contributed by atoms with van der Waals surface area (Å²) in [5.74, 6) is -0.809. The zero-order chi connectivity index (χ0) is 19.1. The second kappa shape index (κ2) is 6.59. The van der Waals surface area contributed by atoms with Gasteiger partial charge in [0.05, 0.1) is 11.8 Å². The van der Waals surface area contributed by atoms with Gasteiger partial charge in [-0.15, -0.1) is 0 Å². The number of Topliss-reactive ketones (excluding diaryl/α,β-unsaturated/α-hetero) is 1. The predicted molar refractivity (Wildman–Crippen MR) is 101 cm³/mol. The van der Waals surface area contributed by atoms with E-state index in [0.29, 0.717) is 17.2 Å². The van der Waals surface area contributed by atoms with Crippen molar-refractivity contribution in [1.82, 2.24) is 0 Å². The summed E-state index contributed by atoms with van der Waals surface area (Å²) in [6.45, 7) is 1.77. The number of nitrogens with zero attached hydrogens (tertiary/aromatic N) is 1. The summed E-state index contributed by atoms with van der Waals surface area (Å²) < 4.78 is 11.7. The number of carbonyl (C=O) groups excluding carboxylic acids is 2. The van der Waals surface area contributed by atoms with E-state index >= 15 is 0 Å². The van der Waals surface area contributed by atoms with Gasteiger partial charge in [0.25, 0.3) is 5.91 Å². The van der Waals surface area contributed by atoms with Gasteiger partial charge < -0.3 is 13.9 Å². The Hall–Kier alpha value is -3.06. The monoisotopic (exact) mass is 427 g/mol. The number of rotatable bonds is 4. The van der Waals surface area contributed by atoms with E-state index in [9.17, 15) is 14.7 Å². The molecule has 1 N–H and O–H groups in total. The summed E-state index contributed by atoms with van der Waals surface area (Å²) in [6, 6.07) is 12.6. The number of halogens is 1. The Kier molecular flexibility index (Phi) is 4.24. The highest BCUT2D eigenvalue weighted by atomic mass is 79.9. The van der Waals surface area contributed by atoms with Crippen LogP contribution in [0.2, 0.25) is 0 Å². The lowest BCUT2D eigenvalue weighted by Crippen LogP contribution is -2.30. The molecule has 1 amide bonds. The fourth-order valence-corrected chi connectivity index (χ4v) is 3.38. The maximum Gasteiger partial charge on any atom is 0.294 e. The van der Waals surface area contributed by atoms with Crippen molar-refractivity contribution in [3.8, 4) is 0 Å². The minimum Gasteiger partial charge on any atom is -0.503 e. The molecule has 1 aliphatic heterocycles. The maximum atomic E-state index is 12.9. The van der Waals surface area contributed by atoms with Gasteiger partial charge in [-0.1, -0.05) is 15.9 Å². The van der Waals surface area contributed by atoms with Crippen LogP contribution in [0, 0.1) is 6.92 Å². The van der Waals surface area contributed by atoms with Crippen LogP contribution in [-0.4, -0.2) is 16.8 Å². The lowest BCUT2D eigenvalue weighted by molar-refractivity contribution is -0.117. The molecule has 27 heavy (non-hydrogen) atoms. The normalized spacial score (nSPS) is 17.0. The Morgan fingerprint density at radius 3 is 2.48 bits per heavy atom. The van der Waals surface area contributed by atoms with Crippen LogP contribution >= 0.6 is 15.9 Å². The summed E-state index contributed by atoms with van der Waals surface area (Å²) in [5, 5.41) is 10.5. The third-order valence-electron chi connectivity index (χ3n) is 4.33. The van der Waals surface area contributed by atoms with Gasteiger partial charge in [-0.3, -0.25) is 14.5 Å². The van der Waals surface area contributed by atoms with Gasteiger partial charge in [0.1, 0.15) is 17.6 Å². The van der Waals surface area contributed by atoms with Crippen LogP contribution in [0.15, 0.2) is 79.4 Å². The summed E-state index contributed by atoms with van der Waals surface area (Å²) in [6.07, 6.45) is 1.36. The molecule has 0 aliphatic carbocycles. The molecule has 1 aliphatic rings. The van der Waals surface area contributed by atoms with Crippen LogP contribution in [-0.2, 0) is 4.79 Å². The Morgan fingerprint density at radius 2 is 1.89 bits per heavy atom. The standard InChI is InChI=1S/C20H14BrNO5/c1-11-4-9-14(27-11)17-16(18(23)15-3-2-10-26-15)19(24)20(25)22(17)13-7-5-12(21)6-8-13/h2-10,17,24H,1H3. The average Bonchev–Trinajstić information content (AvgIpc) is 3.37.